The standard InChI is InChI=1S/C15H16N6/c1-3-14-18-12(9-15(16-2)19-14)13-10-17-20-21(13)11-7-5-4-6-8-11/h4-10H,3H2,1-2H3,(H,16,18,19). The number of para-hydroxylation sites is 1. The molecule has 21 heavy (non-hydrogen) atoms. The monoisotopic (exact) mass is 280 g/mol. The topological polar surface area (TPSA) is 68.5 Å². The van der Waals surface area contributed by atoms with Gasteiger partial charge >= 0.3 is 0 Å². The summed E-state index contributed by atoms with van der Waals surface area (Å²) in [7, 11) is 1.85. The molecule has 0 saturated carbocycles. The number of hydrogen-bond donors (Lipinski definition) is 1. The zero-order valence-electron chi connectivity index (χ0n) is 12.0. The fourth-order valence-electron chi connectivity index (χ4n) is 2.08. The molecule has 0 bridgehead atoms. The highest BCUT2D eigenvalue weighted by Gasteiger charge is 2.12. The molecule has 106 valence electrons. The minimum atomic E-state index is 0.773. The summed E-state index contributed by atoms with van der Waals surface area (Å²) >= 11 is 0. The molecule has 0 aliphatic rings. The third-order valence-corrected chi connectivity index (χ3v) is 3.16. The molecule has 0 aliphatic carbocycles. The van der Waals surface area contributed by atoms with Crippen LogP contribution in [0.5, 0.6) is 0 Å². The van der Waals surface area contributed by atoms with Crippen LogP contribution >= 0.6 is 0 Å². The van der Waals surface area contributed by atoms with E-state index in [1.807, 2.05) is 50.4 Å². The molecule has 0 atom stereocenters. The first-order valence-electron chi connectivity index (χ1n) is 6.84. The quantitative estimate of drug-likeness (QED) is 0.794. The fourth-order valence-corrected chi connectivity index (χ4v) is 2.08. The van der Waals surface area contributed by atoms with Crippen LogP contribution in [-0.2, 0) is 6.42 Å². The van der Waals surface area contributed by atoms with Gasteiger partial charge in [0.2, 0.25) is 0 Å². The first-order chi connectivity index (χ1) is 10.3. The van der Waals surface area contributed by atoms with Crippen LogP contribution in [0.3, 0.4) is 0 Å². The van der Waals surface area contributed by atoms with E-state index in [0.717, 1.165) is 35.1 Å². The lowest BCUT2D eigenvalue weighted by Crippen LogP contribution is -2.04. The summed E-state index contributed by atoms with van der Waals surface area (Å²) in [5, 5.41) is 11.2. The molecular weight excluding hydrogens is 264 g/mol. The van der Waals surface area contributed by atoms with Crippen molar-refractivity contribution in [3.8, 4) is 17.1 Å². The minimum absolute atomic E-state index is 0.773. The van der Waals surface area contributed by atoms with Gasteiger partial charge in [0.15, 0.2) is 0 Å². The molecule has 2 aromatic heterocycles. The van der Waals surface area contributed by atoms with Crippen LogP contribution in [0, 0.1) is 0 Å². The lowest BCUT2D eigenvalue weighted by atomic mass is 10.2. The van der Waals surface area contributed by atoms with Gasteiger partial charge in [-0.25, -0.2) is 14.6 Å². The zero-order chi connectivity index (χ0) is 14.7. The van der Waals surface area contributed by atoms with E-state index in [1.165, 1.54) is 0 Å². The summed E-state index contributed by atoms with van der Waals surface area (Å²) in [6.07, 6.45) is 2.49. The van der Waals surface area contributed by atoms with Crippen molar-refractivity contribution in [2.24, 2.45) is 0 Å². The Bertz CT molecular complexity index is 713. The van der Waals surface area contributed by atoms with Gasteiger partial charge in [-0.1, -0.05) is 30.3 Å². The third kappa shape index (κ3) is 2.60. The van der Waals surface area contributed by atoms with E-state index in [9.17, 15) is 0 Å². The van der Waals surface area contributed by atoms with Crippen molar-refractivity contribution >= 4 is 5.82 Å². The molecule has 0 spiro atoms. The van der Waals surface area contributed by atoms with Crippen molar-refractivity contribution in [3.63, 3.8) is 0 Å². The van der Waals surface area contributed by atoms with Gasteiger partial charge in [0.1, 0.15) is 17.3 Å². The number of nitrogens with one attached hydrogen (secondary N) is 1. The second kappa shape index (κ2) is 5.70. The molecule has 1 aromatic carbocycles. The Hall–Kier alpha value is -2.76. The average Bonchev–Trinajstić information content (AvgIpc) is 3.04. The Morgan fingerprint density at radius 2 is 1.95 bits per heavy atom. The predicted molar refractivity (Wildman–Crippen MR) is 81.3 cm³/mol. The largest absolute Gasteiger partial charge is 0.373 e. The summed E-state index contributed by atoms with van der Waals surface area (Å²) in [5.74, 6) is 1.58. The van der Waals surface area contributed by atoms with Crippen molar-refractivity contribution in [2.45, 2.75) is 13.3 Å². The zero-order valence-corrected chi connectivity index (χ0v) is 12.0. The molecule has 2 heterocycles. The normalized spacial score (nSPS) is 10.6. The highest BCUT2D eigenvalue weighted by atomic mass is 15.4. The number of aromatic nitrogens is 5. The van der Waals surface area contributed by atoms with E-state index >= 15 is 0 Å². The maximum Gasteiger partial charge on any atom is 0.131 e. The van der Waals surface area contributed by atoms with Crippen LogP contribution in [0.4, 0.5) is 5.82 Å². The van der Waals surface area contributed by atoms with Crippen molar-refractivity contribution < 1.29 is 0 Å². The summed E-state index contributed by atoms with van der Waals surface area (Å²) in [5.41, 5.74) is 2.60. The van der Waals surface area contributed by atoms with E-state index in [1.54, 1.807) is 10.9 Å². The summed E-state index contributed by atoms with van der Waals surface area (Å²) in [6.45, 7) is 2.03. The van der Waals surface area contributed by atoms with Crippen LogP contribution in [0.25, 0.3) is 17.1 Å². The van der Waals surface area contributed by atoms with Crippen molar-refractivity contribution in [3.05, 3.63) is 48.4 Å². The molecule has 0 radical (unpaired) electrons. The van der Waals surface area contributed by atoms with Gasteiger partial charge in [-0.3, -0.25) is 0 Å². The fraction of sp³-hybridized carbons (Fsp3) is 0.200. The number of anilines is 1. The van der Waals surface area contributed by atoms with E-state index in [0.29, 0.717) is 0 Å². The van der Waals surface area contributed by atoms with Gasteiger partial charge in [-0.15, -0.1) is 5.10 Å². The second-order valence-electron chi connectivity index (χ2n) is 4.52. The van der Waals surface area contributed by atoms with E-state index in [-0.39, 0.29) is 0 Å². The Morgan fingerprint density at radius 1 is 1.14 bits per heavy atom. The van der Waals surface area contributed by atoms with Crippen molar-refractivity contribution in [2.75, 3.05) is 12.4 Å². The SMILES string of the molecule is CCc1nc(NC)cc(-c2cnnn2-c2ccccc2)n1. The number of rotatable bonds is 4. The molecule has 3 rings (SSSR count). The van der Waals surface area contributed by atoms with Crippen LogP contribution in [-0.4, -0.2) is 32.0 Å². The molecule has 0 unspecified atom stereocenters. The number of nitrogens with zero attached hydrogens (tertiary/aromatic N) is 5. The Balaban J connectivity index is 2.12. The van der Waals surface area contributed by atoms with E-state index in [2.05, 4.69) is 25.6 Å². The van der Waals surface area contributed by atoms with Gasteiger partial charge in [0.25, 0.3) is 0 Å². The minimum Gasteiger partial charge on any atom is -0.373 e. The summed E-state index contributed by atoms with van der Waals surface area (Å²) in [4.78, 5) is 8.99. The van der Waals surface area contributed by atoms with Gasteiger partial charge < -0.3 is 5.32 Å². The molecule has 1 N–H and O–H groups in total. The van der Waals surface area contributed by atoms with Crippen LogP contribution in [0.2, 0.25) is 0 Å². The highest BCUT2D eigenvalue weighted by Crippen LogP contribution is 2.21. The third-order valence-electron chi connectivity index (χ3n) is 3.16. The second-order valence-corrected chi connectivity index (χ2v) is 4.52. The lowest BCUT2D eigenvalue weighted by molar-refractivity contribution is 0.804. The molecule has 3 aromatic rings. The van der Waals surface area contributed by atoms with Gasteiger partial charge in [0.05, 0.1) is 17.6 Å². The maximum atomic E-state index is 4.58. The summed E-state index contributed by atoms with van der Waals surface area (Å²) < 4.78 is 1.78. The first kappa shape index (κ1) is 13.2. The Kier molecular flexibility index (Phi) is 3.59. The Labute approximate surface area is 122 Å². The average molecular weight is 280 g/mol. The molecule has 0 saturated heterocycles. The lowest BCUT2D eigenvalue weighted by Gasteiger charge is -2.08. The highest BCUT2D eigenvalue weighted by molar-refractivity contribution is 5.60. The smallest absolute Gasteiger partial charge is 0.131 e. The molecule has 0 aliphatic heterocycles. The molecule has 6 nitrogen and oxygen atoms in total. The first-order valence-corrected chi connectivity index (χ1v) is 6.84. The van der Waals surface area contributed by atoms with Gasteiger partial charge in [-0.2, -0.15) is 0 Å². The predicted octanol–water partition coefficient (Wildman–Crippen LogP) is 2.33. The van der Waals surface area contributed by atoms with Crippen LogP contribution < -0.4 is 5.32 Å². The number of benzene rings is 1. The maximum absolute atomic E-state index is 4.58. The Morgan fingerprint density at radius 3 is 2.67 bits per heavy atom. The molecule has 0 amide bonds. The van der Waals surface area contributed by atoms with Crippen LogP contribution in [0.1, 0.15) is 12.7 Å². The number of hydrogen-bond acceptors (Lipinski definition) is 5. The van der Waals surface area contributed by atoms with E-state index < -0.39 is 0 Å². The van der Waals surface area contributed by atoms with Gasteiger partial charge in [-0.05, 0) is 12.1 Å². The van der Waals surface area contributed by atoms with Gasteiger partial charge in [0, 0.05) is 19.5 Å². The molecular formula is C15H16N6. The van der Waals surface area contributed by atoms with Crippen molar-refractivity contribution in [1.82, 2.24) is 25.0 Å². The van der Waals surface area contributed by atoms with Crippen LogP contribution in [0.15, 0.2) is 42.6 Å². The molecule has 0 fully saturated rings. The molecule has 6 heteroatoms. The van der Waals surface area contributed by atoms with E-state index in [4.69, 9.17) is 0 Å². The summed E-state index contributed by atoms with van der Waals surface area (Å²) in [6, 6.07) is 11.8. The van der Waals surface area contributed by atoms with Crippen molar-refractivity contribution in [1.29, 1.82) is 0 Å². The number of aryl methyl sites for hydroxylation is 1.